The van der Waals surface area contributed by atoms with E-state index in [-0.39, 0.29) is 12.5 Å². The molecular weight excluding hydrogens is 236 g/mol. The van der Waals surface area contributed by atoms with Crippen LogP contribution in [0.4, 0.5) is 23.4 Å². The van der Waals surface area contributed by atoms with Gasteiger partial charge in [-0.3, -0.25) is 0 Å². The Labute approximate surface area is 97.1 Å². The van der Waals surface area contributed by atoms with Gasteiger partial charge in [0.25, 0.3) is 0 Å². The average Bonchev–Trinajstić information content (AvgIpc) is 2.15. The van der Waals surface area contributed by atoms with Crippen molar-refractivity contribution in [3.05, 3.63) is 24.1 Å². The van der Waals surface area contributed by atoms with Gasteiger partial charge in [0.15, 0.2) is 0 Å². The molecule has 0 aliphatic rings. The normalized spacial score (nSPS) is 13.5. The van der Waals surface area contributed by atoms with Gasteiger partial charge in [0.1, 0.15) is 5.82 Å². The molecule has 1 unspecified atom stereocenters. The molecule has 0 saturated carbocycles. The van der Waals surface area contributed by atoms with E-state index in [1.54, 1.807) is 13.0 Å². The SMILES string of the molecule is CC(CCCC(F)(F)F)Nc1cccc(F)n1. The van der Waals surface area contributed by atoms with E-state index < -0.39 is 18.5 Å². The molecule has 1 aromatic heterocycles. The van der Waals surface area contributed by atoms with Crippen LogP contribution in [0.1, 0.15) is 26.2 Å². The van der Waals surface area contributed by atoms with Gasteiger partial charge in [0.05, 0.1) is 0 Å². The van der Waals surface area contributed by atoms with Gasteiger partial charge in [0, 0.05) is 12.5 Å². The predicted octanol–water partition coefficient (Wildman–Crippen LogP) is 3.75. The second-order valence-corrected chi connectivity index (χ2v) is 3.90. The minimum Gasteiger partial charge on any atom is -0.368 e. The fourth-order valence-electron chi connectivity index (χ4n) is 1.42. The zero-order chi connectivity index (χ0) is 12.9. The van der Waals surface area contributed by atoms with Crippen molar-refractivity contribution in [1.29, 1.82) is 0 Å². The summed E-state index contributed by atoms with van der Waals surface area (Å²) in [6.45, 7) is 1.74. The number of alkyl halides is 3. The highest BCUT2D eigenvalue weighted by atomic mass is 19.4. The number of hydrogen-bond acceptors (Lipinski definition) is 2. The summed E-state index contributed by atoms with van der Waals surface area (Å²) in [4.78, 5) is 3.57. The largest absolute Gasteiger partial charge is 0.389 e. The maximum Gasteiger partial charge on any atom is 0.389 e. The Kier molecular flexibility index (Phi) is 4.72. The highest BCUT2D eigenvalue weighted by Gasteiger charge is 2.26. The fraction of sp³-hybridized carbons (Fsp3) is 0.545. The number of pyridine rings is 1. The van der Waals surface area contributed by atoms with E-state index in [1.165, 1.54) is 12.1 Å². The molecule has 2 nitrogen and oxygen atoms in total. The van der Waals surface area contributed by atoms with Crippen molar-refractivity contribution in [2.24, 2.45) is 0 Å². The van der Waals surface area contributed by atoms with Gasteiger partial charge in [-0.25, -0.2) is 4.98 Å². The van der Waals surface area contributed by atoms with E-state index in [4.69, 9.17) is 0 Å². The topological polar surface area (TPSA) is 24.9 Å². The Morgan fingerprint density at radius 3 is 2.65 bits per heavy atom. The Balaban J connectivity index is 2.32. The number of rotatable bonds is 5. The maximum absolute atomic E-state index is 12.7. The second kappa shape index (κ2) is 5.84. The minimum atomic E-state index is -4.11. The van der Waals surface area contributed by atoms with Crippen LogP contribution >= 0.6 is 0 Å². The van der Waals surface area contributed by atoms with Crippen LogP contribution in [0.2, 0.25) is 0 Å². The van der Waals surface area contributed by atoms with Crippen molar-refractivity contribution in [3.63, 3.8) is 0 Å². The maximum atomic E-state index is 12.7. The van der Waals surface area contributed by atoms with Crippen molar-refractivity contribution in [1.82, 2.24) is 4.98 Å². The summed E-state index contributed by atoms with van der Waals surface area (Å²) >= 11 is 0. The quantitative estimate of drug-likeness (QED) is 0.635. The van der Waals surface area contributed by atoms with Gasteiger partial charge < -0.3 is 5.32 Å². The third kappa shape index (κ3) is 6.09. The molecule has 0 amide bonds. The lowest BCUT2D eigenvalue weighted by Gasteiger charge is -2.14. The van der Waals surface area contributed by atoms with E-state index in [2.05, 4.69) is 10.3 Å². The van der Waals surface area contributed by atoms with Crippen LogP contribution < -0.4 is 5.32 Å². The third-order valence-electron chi connectivity index (χ3n) is 2.21. The van der Waals surface area contributed by atoms with Gasteiger partial charge in [-0.15, -0.1) is 0 Å². The molecule has 0 saturated heterocycles. The highest BCUT2D eigenvalue weighted by molar-refractivity contribution is 5.34. The number of nitrogens with zero attached hydrogens (tertiary/aromatic N) is 1. The summed E-state index contributed by atoms with van der Waals surface area (Å²) in [6, 6.07) is 4.10. The molecule has 0 spiro atoms. The molecule has 1 atom stereocenters. The molecule has 0 fully saturated rings. The van der Waals surface area contributed by atoms with Crippen molar-refractivity contribution >= 4 is 5.82 Å². The van der Waals surface area contributed by atoms with Crippen LogP contribution in [0, 0.1) is 5.95 Å². The van der Waals surface area contributed by atoms with Gasteiger partial charge in [-0.1, -0.05) is 6.07 Å². The van der Waals surface area contributed by atoms with Crippen LogP contribution in [-0.4, -0.2) is 17.2 Å². The van der Waals surface area contributed by atoms with Crippen LogP contribution in [0.3, 0.4) is 0 Å². The highest BCUT2D eigenvalue weighted by Crippen LogP contribution is 2.23. The van der Waals surface area contributed by atoms with Crippen molar-refractivity contribution in [2.45, 2.75) is 38.4 Å². The molecule has 0 aromatic carbocycles. The van der Waals surface area contributed by atoms with E-state index >= 15 is 0 Å². The first kappa shape index (κ1) is 13.7. The monoisotopic (exact) mass is 250 g/mol. The van der Waals surface area contributed by atoms with Crippen LogP contribution in [0.15, 0.2) is 18.2 Å². The summed E-state index contributed by atoms with van der Waals surface area (Å²) in [7, 11) is 0. The Morgan fingerprint density at radius 1 is 1.35 bits per heavy atom. The number of hydrogen-bond donors (Lipinski definition) is 1. The molecule has 0 radical (unpaired) electrons. The molecule has 0 aliphatic heterocycles. The van der Waals surface area contributed by atoms with Crippen LogP contribution in [0.5, 0.6) is 0 Å². The lowest BCUT2D eigenvalue weighted by molar-refractivity contribution is -0.135. The summed E-state index contributed by atoms with van der Waals surface area (Å²) in [6.07, 6.45) is -4.50. The number of halogens is 4. The number of anilines is 1. The van der Waals surface area contributed by atoms with Gasteiger partial charge in [-0.2, -0.15) is 17.6 Å². The van der Waals surface area contributed by atoms with E-state index in [9.17, 15) is 17.6 Å². The molecule has 1 rings (SSSR count). The minimum absolute atomic E-state index is 0.0486. The van der Waals surface area contributed by atoms with Gasteiger partial charge in [0.2, 0.25) is 5.95 Å². The zero-order valence-corrected chi connectivity index (χ0v) is 9.39. The van der Waals surface area contributed by atoms with Gasteiger partial charge >= 0.3 is 6.18 Å². The smallest absolute Gasteiger partial charge is 0.368 e. The lowest BCUT2D eigenvalue weighted by Crippen LogP contribution is -2.17. The van der Waals surface area contributed by atoms with E-state index in [0.717, 1.165) is 0 Å². The molecular formula is C11H14F4N2. The summed E-state index contributed by atoms with van der Waals surface area (Å²) in [5.74, 6) is -0.276. The molecule has 1 aromatic rings. The summed E-state index contributed by atoms with van der Waals surface area (Å²) < 4.78 is 48.4. The zero-order valence-electron chi connectivity index (χ0n) is 9.39. The van der Waals surface area contributed by atoms with Crippen molar-refractivity contribution in [2.75, 3.05) is 5.32 Å². The molecule has 17 heavy (non-hydrogen) atoms. The lowest BCUT2D eigenvalue weighted by atomic mass is 10.1. The standard InChI is InChI=1S/C11H14F4N2/c1-8(4-3-7-11(13,14)15)16-10-6-2-5-9(12)17-10/h2,5-6,8H,3-4,7H2,1H3,(H,16,17). The summed E-state index contributed by atoms with van der Waals surface area (Å²) in [5.41, 5.74) is 0. The summed E-state index contributed by atoms with van der Waals surface area (Å²) in [5, 5.41) is 2.85. The number of aromatic nitrogens is 1. The predicted molar refractivity (Wildman–Crippen MR) is 57.2 cm³/mol. The van der Waals surface area contributed by atoms with Gasteiger partial charge in [-0.05, 0) is 31.9 Å². The molecule has 6 heteroatoms. The first-order valence-electron chi connectivity index (χ1n) is 5.32. The number of nitrogens with one attached hydrogen (secondary N) is 1. The second-order valence-electron chi connectivity index (χ2n) is 3.90. The molecule has 1 N–H and O–H groups in total. The molecule has 1 heterocycles. The van der Waals surface area contributed by atoms with E-state index in [1.807, 2.05) is 0 Å². The Hall–Kier alpha value is -1.33. The average molecular weight is 250 g/mol. The molecule has 96 valence electrons. The van der Waals surface area contributed by atoms with E-state index in [0.29, 0.717) is 12.2 Å². The van der Waals surface area contributed by atoms with Crippen LogP contribution in [0.25, 0.3) is 0 Å². The molecule has 0 bridgehead atoms. The van der Waals surface area contributed by atoms with Crippen LogP contribution in [-0.2, 0) is 0 Å². The Bertz CT molecular complexity index is 352. The first-order chi connectivity index (χ1) is 7.87. The Morgan fingerprint density at radius 2 is 2.06 bits per heavy atom. The fourth-order valence-corrected chi connectivity index (χ4v) is 1.42. The third-order valence-corrected chi connectivity index (χ3v) is 2.21. The van der Waals surface area contributed by atoms with Crippen molar-refractivity contribution in [3.8, 4) is 0 Å². The first-order valence-corrected chi connectivity index (χ1v) is 5.32. The van der Waals surface area contributed by atoms with Crippen molar-refractivity contribution < 1.29 is 17.6 Å². The molecule has 0 aliphatic carbocycles.